The molecule has 0 saturated carbocycles. The molecule has 31 heavy (non-hydrogen) atoms. The maximum atomic E-state index is 12.8. The summed E-state index contributed by atoms with van der Waals surface area (Å²) >= 11 is 0. The second kappa shape index (κ2) is 11.5. The number of likely N-dealkylation sites (N-methyl/N-ethyl adjacent to an activating group) is 1. The summed E-state index contributed by atoms with van der Waals surface area (Å²) < 4.78 is 16.0. The van der Waals surface area contributed by atoms with Crippen molar-refractivity contribution < 1.29 is 19.0 Å². The maximum absolute atomic E-state index is 12.8. The van der Waals surface area contributed by atoms with Crippen LogP contribution >= 0.6 is 0 Å². The topological polar surface area (TPSA) is 88.2 Å². The van der Waals surface area contributed by atoms with Gasteiger partial charge in [0, 0.05) is 45.2 Å². The second-order valence-electron chi connectivity index (χ2n) is 7.42. The third kappa shape index (κ3) is 6.55. The van der Waals surface area contributed by atoms with Crippen LogP contribution < -0.4 is 20.3 Å². The van der Waals surface area contributed by atoms with Gasteiger partial charge in [0.05, 0.1) is 30.6 Å². The first-order chi connectivity index (χ1) is 15.1. The lowest BCUT2D eigenvalue weighted by Gasteiger charge is -2.31. The SMILES string of the molecule is COCOc1ccc(N2CCOCC2)c(NC(=O)NCC(c2ccncc2)N(C)C)c1. The summed E-state index contributed by atoms with van der Waals surface area (Å²) in [7, 11) is 5.54. The minimum Gasteiger partial charge on any atom is -0.467 e. The number of amides is 2. The van der Waals surface area contributed by atoms with E-state index in [0.29, 0.717) is 31.2 Å². The predicted molar refractivity (Wildman–Crippen MR) is 120 cm³/mol. The number of aromatic nitrogens is 1. The van der Waals surface area contributed by atoms with Crippen LogP contribution in [0.2, 0.25) is 0 Å². The van der Waals surface area contributed by atoms with E-state index >= 15 is 0 Å². The van der Waals surface area contributed by atoms with Gasteiger partial charge in [-0.3, -0.25) is 4.98 Å². The molecule has 0 radical (unpaired) electrons. The minimum atomic E-state index is -0.278. The smallest absolute Gasteiger partial charge is 0.319 e. The number of ether oxygens (including phenoxy) is 3. The molecule has 1 atom stereocenters. The fraction of sp³-hybridized carbons (Fsp3) is 0.455. The van der Waals surface area contributed by atoms with Crippen molar-refractivity contribution in [3.8, 4) is 5.75 Å². The standard InChI is InChI=1S/C22H31N5O4/c1-26(2)21(17-6-8-23-9-7-17)15-24-22(28)25-19-14-18(31-16-29-3)4-5-20(19)27-10-12-30-13-11-27/h4-9,14,21H,10-13,15-16H2,1-3H3,(H2,24,25,28). The number of nitrogens with one attached hydrogen (secondary N) is 2. The van der Waals surface area contributed by atoms with Crippen molar-refractivity contribution in [2.75, 3.05) is 71.1 Å². The third-order valence-corrected chi connectivity index (χ3v) is 5.08. The molecule has 2 N–H and O–H groups in total. The van der Waals surface area contributed by atoms with Gasteiger partial charge in [-0.2, -0.15) is 0 Å². The lowest BCUT2D eigenvalue weighted by Crippen LogP contribution is -2.38. The molecule has 2 amide bonds. The first-order valence-electron chi connectivity index (χ1n) is 10.3. The van der Waals surface area contributed by atoms with Crippen LogP contribution in [-0.4, -0.2) is 76.8 Å². The van der Waals surface area contributed by atoms with Crippen molar-refractivity contribution in [1.82, 2.24) is 15.2 Å². The van der Waals surface area contributed by atoms with Crippen LogP contribution in [-0.2, 0) is 9.47 Å². The van der Waals surface area contributed by atoms with E-state index in [1.165, 1.54) is 0 Å². The number of hydrogen-bond acceptors (Lipinski definition) is 7. The molecule has 2 heterocycles. The number of carbonyl (C=O) groups excluding carboxylic acids is 1. The first kappa shape index (κ1) is 22.8. The first-order valence-corrected chi connectivity index (χ1v) is 10.3. The quantitative estimate of drug-likeness (QED) is 0.592. The van der Waals surface area contributed by atoms with Crippen molar-refractivity contribution in [3.05, 3.63) is 48.3 Å². The highest BCUT2D eigenvalue weighted by atomic mass is 16.7. The number of urea groups is 1. The summed E-state index contributed by atoms with van der Waals surface area (Å²) in [5.74, 6) is 0.622. The Bertz CT molecular complexity index is 828. The van der Waals surface area contributed by atoms with Gasteiger partial charge in [-0.25, -0.2) is 4.79 Å². The number of benzene rings is 1. The summed E-state index contributed by atoms with van der Waals surface area (Å²) in [4.78, 5) is 21.1. The molecule has 1 aromatic carbocycles. The van der Waals surface area contributed by atoms with Crippen molar-refractivity contribution >= 4 is 17.4 Å². The highest BCUT2D eigenvalue weighted by molar-refractivity contribution is 5.93. The van der Waals surface area contributed by atoms with Crippen LogP contribution in [0.1, 0.15) is 11.6 Å². The normalized spacial score (nSPS) is 14.9. The molecule has 1 aliphatic heterocycles. The Morgan fingerprint density at radius 3 is 2.65 bits per heavy atom. The molecule has 1 saturated heterocycles. The van der Waals surface area contributed by atoms with Crippen LogP contribution in [0, 0.1) is 0 Å². The number of pyridine rings is 1. The summed E-state index contributed by atoms with van der Waals surface area (Å²) in [5, 5.41) is 5.97. The van der Waals surface area contributed by atoms with E-state index in [2.05, 4.69) is 25.4 Å². The lowest BCUT2D eigenvalue weighted by atomic mass is 10.1. The Kier molecular flexibility index (Phi) is 8.45. The van der Waals surface area contributed by atoms with E-state index in [4.69, 9.17) is 14.2 Å². The summed E-state index contributed by atoms with van der Waals surface area (Å²) in [5.41, 5.74) is 2.70. The number of nitrogens with zero attached hydrogens (tertiary/aromatic N) is 3. The summed E-state index contributed by atoms with van der Waals surface area (Å²) in [6, 6.07) is 9.30. The van der Waals surface area contributed by atoms with Crippen molar-refractivity contribution in [1.29, 1.82) is 0 Å². The summed E-state index contributed by atoms with van der Waals surface area (Å²) in [6.45, 7) is 3.43. The van der Waals surface area contributed by atoms with E-state index in [0.717, 1.165) is 24.3 Å². The minimum absolute atomic E-state index is 0.0313. The largest absolute Gasteiger partial charge is 0.467 e. The molecule has 9 heteroatoms. The summed E-state index contributed by atoms with van der Waals surface area (Å²) in [6.07, 6.45) is 3.51. The number of rotatable bonds is 9. The van der Waals surface area contributed by atoms with Crippen molar-refractivity contribution in [2.45, 2.75) is 6.04 Å². The number of morpholine rings is 1. The molecule has 1 unspecified atom stereocenters. The fourth-order valence-corrected chi connectivity index (χ4v) is 3.45. The molecule has 1 aliphatic rings. The van der Waals surface area contributed by atoms with Gasteiger partial charge in [0.15, 0.2) is 6.79 Å². The molecule has 1 aromatic heterocycles. The zero-order valence-corrected chi connectivity index (χ0v) is 18.3. The van der Waals surface area contributed by atoms with Gasteiger partial charge in [0.2, 0.25) is 0 Å². The molecule has 0 bridgehead atoms. The van der Waals surface area contributed by atoms with Crippen LogP contribution in [0.3, 0.4) is 0 Å². The zero-order valence-electron chi connectivity index (χ0n) is 18.3. The van der Waals surface area contributed by atoms with Gasteiger partial charge >= 0.3 is 6.03 Å². The van der Waals surface area contributed by atoms with Crippen LogP contribution in [0.4, 0.5) is 16.2 Å². The van der Waals surface area contributed by atoms with E-state index in [9.17, 15) is 4.79 Å². The monoisotopic (exact) mass is 429 g/mol. The van der Waals surface area contributed by atoms with Gasteiger partial charge in [-0.1, -0.05) is 0 Å². The molecular weight excluding hydrogens is 398 g/mol. The van der Waals surface area contributed by atoms with Gasteiger partial charge in [0.1, 0.15) is 5.75 Å². The van der Waals surface area contributed by atoms with E-state index in [1.807, 2.05) is 44.4 Å². The van der Waals surface area contributed by atoms with Gasteiger partial charge in [-0.05, 0) is 43.9 Å². The fourth-order valence-electron chi connectivity index (χ4n) is 3.45. The van der Waals surface area contributed by atoms with Crippen LogP contribution in [0.15, 0.2) is 42.7 Å². The van der Waals surface area contributed by atoms with Gasteiger partial charge < -0.3 is 34.6 Å². The average Bonchev–Trinajstić information content (AvgIpc) is 2.79. The average molecular weight is 430 g/mol. The number of anilines is 2. The Balaban J connectivity index is 1.70. The molecular formula is C22H31N5O4. The van der Waals surface area contributed by atoms with E-state index in [1.54, 1.807) is 19.5 Å². The second-order valence-corrected chi connectivity index (χ2v) is 7.42. The number of hydrogen-bond donors (Lipinski definition) is 2. The van der Waals surface area contributed by atoms with Crippen molar-refractivity contribution in [2.24, 2.45) is 0 Å². The Morgan fingerprint density at radius 2 is 1.97 bits per heavy atom. The van der Waals surface area contributed by atoms with Crippen LogP contribution in [0.5, 0.6) is 5.75 Å². The lowest BCUT2D eigenvalue weighted by molar-refractivity contribution is 0.0512. The molecule has 9 nitrogen and oxygen atoms in total. The van der Waals surface area contributed by atoms with Gasteiger partial charge in [0.25, 0.3) is 0 Å². The molecule has 1 fully saturated rings. The van der Waals surface area contributed by atoms with E-state index < -0.39 is 0 Å². The maximum Gasteiger partial charge on any atom is 0.319 e. The van der Waals surface area contributed by atoms with Crippen molar-refractivity contribution in [3.63, 3.8) is 0 Å². The number of methoxy groups -OCH3 is 1. The molecule has 2 aromatic rings. The Morgan fingerprint density at radius 1 is 1.23 bits per heavy atom. The Labute approximate surface area is 183 Å². The molecule has 0 aliphatic carbocycles. The zero-order chi connectivity index (χ0) is 22.1. The third-order valence-electron chi connectivity index (χ3n) is 5.08. The van der Waals surface area contributed by atoms with Gasteiger partial charge in [-0.15, -0.1) is 0 Å². The highest BCUT2D eigenvalue weighted by Gasteiger charge is 2.19. The number of carbonyl (C=O) groups is 1. The molecule has 3 rings (SSSR count). The predicted octanol–water partition coefficient (Wildman–Crippen LogP) is 2.33. The Hall–Kier alpha value is -2.88. The molecule has 0 spiro atoms. The highest BCUT2D eigenvalue weighted by Crippen LogP contribution is 2.31. The van der Waals surface area contributed by atoms with Crippen LogP contribution in [0.25, 0.3) is 0 Å². The van der Waals surface area contributed by atoms with E-state index in [-0.39, 0.29) is 18.9 Å². The molecule has 168 valence electrons.